The molecule has 0 bridgehead atoms. The summed E-state index contributed by atoms with van der Waals surface area (Å²) in [6.45, 7) is 4.61. The summed E-state index contributed by atoms with van der Waals surface area (Å²) in [5.41, 5.74) is 9.30. The Morgan fingerprint density at radius 2 is 1.04 bits per heavy atom. The summed E-state index contributed by atoms with van der Waals surface area (Å²) in [6, 6.07) is 70.0. The minimum absolute atomic E-state index is 0.0138. The zero-order valence-corrected chi connectivity index (χ0v) is 45.4. The Labute approximate surface area is 464 Å². The second-order valence-corrected chi connectivity index (χ2v) is 24.2. The fourth-order valence-electron chi connectivity index (χ4n) is 11.4. The number of carbonyl (C=O) groups is 2. The third-order valence-electron chi connectivity index (χ3n) is 15.0. The minimum atomic E-state index is -0.763. The second-order valence-electron chi connectivity index (χ2n) is 19.8. The van der Waals surface area contributed by atoms with Crippen LogP contribution in [0.3, 0.4) is 0 Å². The van der Waals surface area contributed by atoms with Crippen LogP contribution in [-0.2, 0) is 27.4 Å². The van der Waals surface area contributed by atoms with Crippen molar-refractivity contribution in [2.24, 2.45) is 5.41 Å². The number of amides is 1. The third kappa shape index (κ3) is 8.56. The van der Waals surface area contributed by atoms with E-state index in [-0.39, 0.29) is 19.8 Å². The number of hydrogen-bond donors (Lipinski definition) is 1. The number of ether oxygens (including phenoxy) is 2. The molecule has 1 amide bonds. The van der Waals surface area contributed by atoms with Gasteiger partial charge in [-0.05, 0) is 82.9 Å². The highest BCUT2D eigenvalue weighted by molar-refractivity contribution is 8.01. The molecule has 8 nitrogen and oxygen atoms in total. The van der Waals surface area contributed by atoms with Crippen LogP contribution in [0.5, 0.6) is 0 Å². The molecule has 9 aromatic carbocycles. The van der Waals surface area contributed by atoms with Crippen LogP contribution in [0.15, 0.2) is 211 Å². The van der Waals surface area contributed by atoms with Crippen molar-refractivity contribution in [2.45, 2.75) is 17.4 Å². The molecule has 14 aromatic rings. The van der Waals surface area contributed by atoms with E-state index in [1.807, 2.05) is 28.7 Å². The number of thiazole rings is 1. The Bertz CT molecular complexity index is 4430. The Hall–Kier alpha value is -8.26. The van der Waals surface area contributed by atoms with E-state index in [2.05, 4.69) is 209 Å². The van der Waals surface area contributed by atoms with Crippen LogP contribution in [0, 0.1) is 5.41 Å². The first kappa shape index (κ1) is 48.1. The van der Waals surface area contributed by atoms with Crippen molar-refractivity contribution in [3.8, 4) is 22.3 Å². The number of thioether (sulfide) groups is 1. The molecule has 0 fully saturated rings. The number of hydrogen-bond acceptors (Lipinski definition) is 9. The average Bonchev–Trinajstić information content (AvgIpc) is 4.49. The minimum Gasteiger partial charge on any atom is -0.461 e. The van der Waals surface area contributed by atoms with Gasteiger partial charge in [0.15, 0.2) is 4.34 Å². The number of nitrogens with zero attached hydrogens (tertiary/aromatic N) is 3. The summed E-state index contributed by atoms with van der Waals surface area (Å²) < 4.78 is 23.7. The normalized spacial score (nSPS) is 12.1. The van der Waals surface area contributed by atoms with Crippen LogP contribution in [0.1, 0.15) is 0 Å². The van der Waals surface area contributed by atoms with Gasteiger partial charge < -0.3 is 23.9 Å². The number of rotatable bonds is 15. The van der Waals surface area contributed by atoms with E-state index in [4.69, 9.17) is 14.5 Å². The molecule has 5 heterocycles. The molecule has 0 aliphatic carbocycles. The Kier molecular flexibility index (Phi) is 12.3. The number of nitrogens with one attached hydrogen (secondary N) is 1. The second kappa shape index (κ2) is 20.0. The van der Waals surface area contributed by atoms with Crippen molar-refractivity contribution < 1.29 is 19.1 Å². The summed E-state index contributed by atoms with van der Waals surface area (Å²) >= 11 is 7.07. The van der Waals surface area contributed by atoms with Crippen molar-refractivity contribution in [3.63, 3.8) is 0 Å². The molecule has 0 aliphatic heterocycles. The number of benzene rings is 9. The molecule has 12 heteroatoms. The topological polar surface area (TPSA) is 87.4 Å². The zero-order chi connectivity index (χ0) is 52.3. The number of aromatic nitrogens is 3. The van der Waals surface area contributed by atoms with Crippen molar-refractivity contribution in [1.29, 1.82) is 0 Å². The lowest BCUT2D eigenvalue weighted by Gasteiger charge is -2.35. The first-order valence-electron chi connectivity index (χ1n) is 25.9. The molecule has 5 aromatic heterocycles. The fourth-order valence-corrected chi connectivity index (χ4v) is 16.2. The zero-order valence-electron chi connectivity index (χ0n) is 42.1. The van der Waals surface area contributed by atoms with Gasteiger partial charge in [-0.2, -0.15) is 0 Å². The van der Waals surface area contributed by atoms with Gasteiger partial charge in [0.25, 0.3) is 0 Å². The highest BCUT2D eigenvalue weighted by Crippen LogP contribution is 2.46. The van der Waals surface area contributed by atoms with E-state index in [1.54, 1.807) is 23.1 Å². The maximum atomic E-state index is 14.0. The molecule has 0 saturated carbocycles. The van der Waals surface area contributed by atoms with E-state index in [1.165, 1.54) is 51.5 Å². The Morgan fingerprint density at radius 3 is 1.60 bits per heavy atom. The maximum absolute atomic E-state index is 14.0. The third-order valence-corrected chi connectivity index (χ3v) is 20.0. The number of carbonyl (C=O) groups excluding carboxylic acids is 2. The lowest BCUT2D eigenvalue weighted by atomic mass is 9.90. The number of esters is 1. The van der Waals surface area contributed by atoms with Crippen LogP contribution in [0.25, 0.3) is 116 Å². The first-order valence-corrected chi connectivity index (χ1v) is 29.3. The largest absolute Gasteiger partial charge is 0.461 e. The summed E-state index contributed by atoms with van der Waals surface area (Å²) in [7, 11) is 0. The molecule has 0 atom stereocenters. The molecule has 1 N–H and O–H groups in total. The molecular weight excluding hydrogens is 1040 g/mol. The summed E-state index contributed by atoms with van der Waals surface area (Å²) in [5, 5.41) is 12.5. The van der Waals surface area contributed by atoms with Gasteiger partial charge >= 0.3 is 12.1 Å². The highest BCUT2D eigenvalue weighted by Gasteiger charge is 2.37. The van der Waals surface area contributed by atoms with Crippen molar-refractivity contribution in [2.75, 3.05) is 25.5 Å². The van der Waals surface area contributed by atoms with Crippen molar-refractivity contribution in [3.05, 3.63) is 207 Å². The summed E-state index contributed by atoms with van der Waals surface area (Å²) in [4.78, 5) is 31.0. The molecule has 380 valence electrons. The number of para-hydroxylation sites is 3. The number of fused-ring (bicyclic) bond motifs is 13. The van der Waals surface area contributed by atoms with E-state index >= 15 is 0 Å². The molecular formula is C66H48N4O4S4. The van der Waals surface area contributed by atoms with Crippen LogP contribution >= 0.6 is 45.8 Å². The molecule has 0 aliphatic rings. The van der Waals surface area contributed by atoms with E-state index in [0.29, 0.717) is 18.8 Å². The number of thiophene rings is 2. The predicted octanol–water partition coefficient (Wildman–Crippen LogP) is 17.5. The maximum Gasteiger partial charge on any atom is 0.407 e. The lowest BCUT2D eigenvalue weighted by molar-refractivity contribution is -0.137. The van der Waals surface area contributed by atoms with E-state index in [9.17, 15) is 9.59 Å². The lowest BCUT2D eigenvalue weighted by Crippen LogP contribution is -2.41. The van der Waals surface area contributed by atoms with Gasteiger partial charge in [0, 0.05) is 114 Å². The van der Waals surface area contributed by atoms with Gasteiger partial charge in [0.05, 0.1) is 16.8 Å². The van der Waals surface area contributed by atoms with Crippen LogP contribution in [0.4, 0.5) is 4.79 Å². The van der Waals surface area contributed by atoms with Gasteiger partial charge in [-0.25, -0.2) is 14.6 Å². The van der Waals surface area contributed by atoms with Gasteiger partial charge in [0.1, 0.15) is 13.2 Å². The van der Waals surface area contributed by atoms with Crippen molar-refractivity contribution >= 4 is 152 Å². The predicted molar refractivity (Wildman–Crippen MR) is 329 cm³/mol. The van der Waals surface area contributed by atoms with Crippen molar-refractivity contribution in [1.82, 2.24) is 19.4 Å². The van der Waals surface area contributed by atoms with Gasteiger partial charge in [-0.3, -0.25) is 0 Å². The smallest absolute Gasteiger partial charge is 0.407 e. The molecule has 0 spiro atoms. The molecule has 0 unspecified atom stereocenters. The molecule has 78 heavy (non-hydrogen) atoms. The van der Waals surface area contributed by atoms with Gasteiger partial charge in [0.2, 0.25) is 0 Å². The molecule has 0 radical (unpaired) electrons. The standard InChI is InChI=1S/C66H48N4O4S4/c1-2-61(71)73-34-33-67-64(72)74-39-66(40-75-65-68-53-23-7-12-28-60(53)78-65,37-69-54-24-8-3-15-45(54)51-35-41(29-31-56(51)69)43-19-13-21-49-47-17-5-10-26-58(47)76-62(43)49)38-70-55-25-9-4-16-46(55)52-36-42(30-32-57(52)70)44-20-14-22-50-48-18-6-11-27-59(48)77-63(44)50/h2-32,35-36H,1,33-34,37-40H2,(H,67,72). The SMILES string of the molecule is C=CC(=O)OCCNC(=O)OCC(CSc1nc2ccccc2s1)(Cn1c2ccccc2c2cc(-c3cccc4c3sc3ccccc34)ccc21)Cn1c2ccccc2c2cc(-c3cccc4c3sc3ccccc34)ccc21. The summed E-state index contributed by atoms with van der Waals surface area (Å²) in [5.74, 6) is -0.00111. The fraction of sp³-hybridized carbons (Fsp3) is 0.106. The van der Waals surface area contributed by atoms with Crippen LogP contribution < -0.4 is 5.32 Å². The van der Waals surface area contributed by atoms with Crippen LogP contribution in [0.2, 0.25) is 0 Å². The quantitative estimate of drug-likeness (QED) is 0.0476. The van der Waals surface area contributed by atoms with E-state index in [0.717, 1.165) is 75.4 Å². The average molecular weight is 1090 g/mol. The molecule has 14 rings (SSSR count). The monoisotopic (exact) mass is 1090 g/mol. The van der Waals surface area contributed by atoms with Crippen LogP contribution in [-0.4, -0.2) is 51.7 Å². The summed E-state index contributed by atoms with van der Waals surface area (Å²) in [6.07, 6.45) is 0.515. The van der Waals surface area contributed by atoms with Gasteiger partial charge in [-0.15, -0.1) is 34.0 Å². The van der Waals surface area contributed by atoms with Gasteiger partial charge in [-0.1, -0.05) is 152 Å². The Morgan fingerprint density at radius 1 is 0.538 bits per heavy atom. The first-order chi connectivity index (χ1) is 38.4. The molecule has 0 saturated heterocycles. The Balaban J connectivity index is 0.925. The number of alkyl carbamates (subject to hydrolysis) is 1. The van der Waals surface area contributed by atoms with E-state index < -0.39 is 17.5 Å². The highest BCUT2D eigenvalue weighted by atomic mass is 32.2.